The number of nitrogens with two attached hydrogens (primary N) is 1. The Kier molecular flexibility index (Phi) is 4.02. The number of rotatable bonds is 5. The average Bonchev–Trinajstić information content (AvgIpc) is 2.17. The van der Waals surface area contributed by atoms with E-state index in [9.17, 15) is 8.42 Å². The third-order valence-electron chi connectivity index (χ3n) is 1.59. The lowest BCUT2D eigenvalue weighted by Crippen LogP contribution is -2.17. The Hall–Kier alpha value is -1.41. The van der Waals surface area contributed by atoms with Crippen LogP contribution in [0.5, 0.6) is 11.8 Å². The Morgan fingerprint density at radius 2 is 1.62 bits per heavy atom. The van der Waals surface area contributed by atoms with Crippen molar-refractivity contribution in [3.05, 3.63) is 6.33 Å². The predicted octanol–water partition coefficient (Wildman–Crippen LogP) is -0.0786. The molecule has 16 heavy (non-hydrogen) atoms. The van der Waals surface area contributed by atoms with E-state index in [1.165, 1.54) is 0 Å². The topological polar surface area (TPSA) is 104 Å². The van der Waals surface area contributed by atoms with Gasteiger partial charge < -0.3 is 9.47 Å². The zero-order valence-electron chi connectivity index (χ0n) is 9.00. The number of aromatic nitrogens is 2. The number of ether oxygens (including phenoxy) is 2. The Balaban J connectivity index is 3.35. The first-order valence-electron chi connectivity index (χ1n) is 4.64. The summed E-state index contributed by atoms with van der Waals surface area (Å²) >= 11 is 0. The summed E-state index contributed by atoms with van der Waals surface area (Å²) in [6, 6.07) is 0. The van der Waals surface area contributed by atoms with Crippen LogP contribution in [0.25, 0.3) is 0 Å². The molecule has 8 heteroatoms. The Morgan fingerprint density at radius 3 is 1.94 bits per heavy atom. The van der Waals surface area contributed by atoms with Crippen molar-refractivity contribution in [2.75, 3.05) is 13.2 Å². The molecule has 0 aromatic carbocycles. The van der Waals surface area contributed by atoms with Crippen molar-refractivity contribution >= 4 is 10.0 Å². The van der Waals surface area contributed by atoms with Gasteiger partial charge in [0.05, 0.1) is 13.2 Å². The zero-order valence-corrected chi connectivity index (χ0v) is 9.82. The fourth-order valence-corrected chi connectivity index (χ4v) is 1.77. The van der Waals surface area contributed by atoms with E-state index in [4.69, 9.17) is 14.6 Å². The lowest BCUT2D eigenvalue weighted by Gasteiger charge is -2.10. The summed E-state index contributed by atoms with van der Waals surface area (Å²) in [5.41, 5.74) is 0. The summed E-state index contributed by atoms with van der Waals surface area (Å²) in [6.45, 7) is 3.95. The summed E-state index contributed by atoms with van der Waals surface area (Å²) in [5.74, 6) is -0.188. The van der Waals surface area contributed by atoms with Gasteiger partial charge in [-0.3, -0.25) is 0 Å². The molecular formula is C8H13N3O4S. The van der Waals surface area contributed by atoms with Crippen LogP contribution in [0.3, 0.4) is 0 Å². The van der Waals surface area contributed by atoms with E-state index in [1.54, 1.807) is 13.8 Å². The fraction of sp³-hybridized carbons (Fsp3) is 0.500. The molecule has 1 heterocycles. The van der Waals surface area contributed by atoms with Crippen LogP contribution in [0.1, 0.15) is 13.8 Å². The van der Waals surface area contributed by atoms with E-state index >= 15 is 0 Å². The van der Waals surface area contributed by atoms with Gasteiger partial charge in [0.2, 0.25) is 26.7 Å². The summed E-state index contributed by atoms with van der Waals surface area (Å²) in [7, 11) is -3.98. The molecule has 0 saturated carbocycles. The molecule has 1 aromatic heterocycles. The third kappa shape index (κ3) is 2.80. The lowest BCUT2D eigenvalue weighted by molar-refractivity contribution is 0.287. The molecule has 0 aliphatic carbocycles. The SMILES string of the molecule is CCOc1ncnc(OCC)c1S(N)(=O)=O. The van der Waals surface area contributed by atoms with Gasteiger partial charge in [-0.2, -0.15) is 0 Å². The molecular weight excluding hydrogens is 234 g/mol. The Morgan fingerprint density at radius 1 is 1.19 bits per heavy atom. The highest BCUT2D eigenvalue weighted by molar-refractivity contribution is 7.89. The van der Waals surface area contributed by atoms with E-state index in [1.807, 2.05) is 0 Å². The maximum atomic E-state index is 11.4. The van der Waals surface area contributed by atoms with E-state index < -0.39 is 10.0 Å². The van der Waals surface area contributed by atoms with E-state index in [0.29, 0.717) is 0 Å². The van der Waals surface area contributed by atoms with Crippen molar-refractivity contribution in [2.24, 2.45) is 5.14 Å². The summed E-state index contributed by atoms with van der Waals surface area (Å²) in [4.78, 5) is 7.09. The van der Waals surface area contributed by atoms with Crippen LogP contribution in [-0.2, 0) is 10.0 Å². The largest absolute Gasteiger partial charge is 0.477 e. The fourth-order valence-electron chi connectivity index (χ4n) is 1.06. The quantitative estimate of drug-likeness (QED) is 0.780. The highest BCUT2D eigenvalue weighted by Gasteiger charge is 2.24. The van der Waals surface area contributed by atoms with Crippen LogP contribution < -0.4 is 14.6 Å². The normalized spacial score (nSPS) is 11.2. The molecule has 1 rings (SSSR count). The lowest BCUT2D eigenvalue weighted by atomic mass is 10.6. The van der Waals surface area contributed by atoms with E-state index in [2.05, 4.69) is 9.97 Å². The minimum absolute atomic E-state index is 0.0940. The van der Waals surface area contributed by atoms with E-state index in [-0.39, 0.29) is 29.9 Å². The molecule has 0 aliphatic rings. The molecule has 0 aliphatic heterocycles. The van der Waals surface area contributed by atoms with Gasteiger partial charge in [-0.25, -0.2) is 23.5 Å². The number of nitrogens with zero attached hydrogens (tertiary/aromatic N) is 2. The maximum absolute atomic E-state index is 11.4. The molecule has 0 amide bonds. The Bertz CT molecular complexity index is 436. The summed E-state index contributed by atoms with van der Waals surface area (Å²) in [6.07, 6.45) is 1.16. The number of primary sulfonamides is 1. The first-order chi connectivity index (χ1) is 7.50. The molecule has 1 aromatic rings. The van der Waals surface area contributed by atoms with Crippen molar-refractivity contribution < 1.29 is 17.9 Å². The molecule has 90 valence electrons. The van der Waals surface area contributed by atoms with Crippen LogP contribution in [0.2, 0.25) is 0 Å². The second-order valence-electron chi connectivity index (χ2n) is 2.72. The highest BCUT2D eigenvalue weighted by atomic mass is 32.2. The maximum Gasteiger partial charge on any atom is 0.248 e. The number of hydrogen-bond donors (Lipinski definition) is 1. The minimum atomic E-state index is -3.98. The van der Waals surface area contributed by atoms with Crippen molar-refractivity contribution in [2.45, 2.75) is 18.7 Å². The van der Waals surface area contributed by atoms with Gasteiger partial charge in [-0.1, -0.05) is 0 Å². The molecule has 7 nitrogen and oxygen atoms in total. The van der Waals surface area contributed by atoms with Crippen LogP contribution in [0.4, 0.5) is 0 Å². The molecule has 0 spiro atoms. The molecule has 0 saturated heterocycles. The summed E-state index contributed by atoms with van der Waals surface area (Å²) in [5, 5.41) is 5.05. The third-order valence-corrected chi connectivity index (χ3v) is 2.50. The first kappa shape index (κ1) is 12.7. The molecule has 0 bridgehead atoms. The zero-order chi connectivity index (χ0) is 12.2. The van der Waals surface area contributed by atoms with Crippen molar-refractivity contribution in [1.29, 1.82) is 0 Å². The van der Waals surface area contributed by atoms with Gasteiger partial charge in [-0.05, 0) is 13.8 Å². The van der Waals surface area contributed by atoms with E-state index in [0.717, 1.165) is 6.33 Å². The van der Waals surface area contributed by atoms with Crippen molar-refractivity contribution in [3.8, 4) is 11.8 Å². The molecule has 0 radical (unpaired) electrons. The van der Waals surface area contributed by atoms with Gasteiger partial charge >= 0.3 is 0 Å². The minimum Gasteiger partial charge on any atom is -0.477 e. The monoisotopic (exact) mass is 247 g/mol. The smallest absolute Gasteiger partial charge is 0.248 e. The molecule has 0 unspecified atom stereocenters. The summed E-state index contributed by atoms with van der Waals surface area (Å²) < 4.78 is 32.8. The highest BCUT2D eigenvalue weighted by Crippen LogP contribution is 2.27. The van der Waals surface area contributed by atoms with Gasteiger partial charge in [0.25, 0.3) is 0 Å². The number of hydrogen-bond acceptors (Lipinski definition) is 6. The molecule has 2 N–H and O–H groups in total. The van der Waals surface area contributed by atoms with Gasteiger partial charge in [0.1, 0.15) is 6.33 Å². The van der Waals surface area contributed by atoms with Crippen LogP contribution in [0, 0.1) is 0 Å². The second-order valence-corrected chi connectivity index (χ2v) is 4.22. The molecule has 0 fully saturated rings. The van der Waals surface area contributed by atoms with Gasteiger partial charge in [0, 0.05) is 0 Å². The first-order valence-corrected chi connectivity index (χ1v) is 6.18. The average molecular weight is 247 g/mol. The standard InChI is InChI=1S/C8H13N3O4S/c1-3-14-7-6(16(9,12)13)8(15-4-2)11-5-10-7/h5H,3-4H2,1-2H3,(H2,9,12,13). The van der Waals surface area contributed by atoms with Gasteiger partial charge in [-0.15, -0.1) is 0 Å². The van der Waals surface area contributed by atoms with Crippen molar-refractivity contribution in [3.63, 3.8) is 0 Å². The van der Waals surface area contributed by atoms with Crippen LogP contribution >= 0.6 is 0 Å². The number of sulfonamides is 1. The Labute approximate surface area is 93.7 Å². The molecule has 0 atom stereocenters. The predicted molar refractivity (Wildman–Crippen MR) is 55.7 cm³/mol. The van der Waals surface area contributed by atoms with Crippen LogP contribution in [0.15, 0.2) is 11.2 Å². The van der Waals surface area contributed by atoms with Crippen LogP contribution in [-0.4, -0.2) is 31.6 Å². The van der Waals surface area contributed by atoms with Gasteiger partial charge in [0.15, 0.2) is 0 Å². The second kappa shape index (κ2) is 5.08. The van der Waals surface area contributed by atoms with Crippen molar-refractivity contribution in [1.82, 2.24) is 9.97 Å².